The molecule has 0 aliphatic rings. The summed E-state index contributed by atoms with van der Waals surface area (Å²) < 4.78 is 51.3. The number of hydrogen-bond donors (Lipinski definition) is 0. The molecule has 0 saturated carbocycles. The van der Waals surface area contributed by atoms with Crippen molar-refractivity contribution in [2.45, 2.75) is 23.6 Å². The largest absolute Gasteiger partial charge is 1.00 e. The zero-order valence-corrected chi connectivity index (χ0v) is 14.1. The molecule has 0 saturated heterocycles. The van der Waals surface area contributed by atoms with Gasteiger partial charge in [0.2, 0.25) is 0 Å². The van der Waals surface area contributed by atoms with E-state index < -0.39 is 20.0 Å². The van der Waals surface area contributed by atoms with Crippen molar-refractivity contribution in [2.75, 3.05) is 0 Å². The maximum Gasteiger partial charge on any atom is 1.00 e. The van der Waals surface area contributed by atoms with E-state index in [1.165, 1.54) is 24.3 Å². The smallest absolute Gasteiger partial charge is 0.428 e. The van der Waals surface area contributed by atoms with Gasteiger partial charge in [0.05, 0.1) is 0 Å². The fraction of sp³-hybridized carbons (Fsp3) is 0.143. The van der Waals surface area contributed by atoms with Crippen LogP contribution in [-0.4, -0.2) is 16.8 Å². The van der Waals surface area contributed by atoms with Gasteiger partial charge in [-0.1, -0.05) is 35.4 Å². The van der Waals surface area contributed by atoms with Crippen LogP contribution in [0.1, 0.15) is 11.1 Å². The average molecular weight is 331 g/mol. The molecule has 0 aliphatic heterocycles. The minimum Gasteiger partial charge on any atom is -0.428 e. The minimum atomic E-state index is -4.26. The van der Waals surface area contributed by atoms with Crippen molar-refractivity contribution in [3.8, 4) is 0 Å². The van der Waals surface area contributed by atoms with E-state index in [-0.39, 0.29) is 28.7 Å². The van der Waals surface area contributed by atoms with Crippen LogP contribution < -0.4 is 18.9 Å². The van der Waals surface area contributed by atoms with Gasteiger partial charge in [0, 0.05) is 9.79 Å². The van der Waals surface area contributed by atoms with Crippen molar-refractivity contribution >= 4 is 20.0 Å². The van der Waals surface area contributed by atoms with Crippen molar-refractivity contribution in [1.29, 1.82) is 0 Å². The molecule has 0 heterocycles. The third kappa shape index (κ3) is 4.45. The van der Waals surface area contributed by atoms with E-state index in [1.807, 2.05) is 0 Å². The van der Waals surface area contributed by atoms with Crippen LogP contribution in [0.5, 0.6) is 0 Å². The molecule has 0 aliphatic carbocycles. The number of rotatable bonds is 4. The molecule has 0 radical (unpaired) electrons. The SMILES string of the molecule is Cc1ccc(S(=O)(=O)[N-]S(=O)(=O)c2ccc(C)cc2)cc1.[Li+]. The standard InChI is InChI=1S/C14H14NO4S2.Li/c1-11-3-7-13(8-4-11)20(16,17)15-21(18,19)14-9-5-12(2)6-10-14;/h3-10H,1-2H3;/q-1;+1. The fourth-order valence-corrected chi connectivity index (χ4v) is 4.32. The third-order valence-electron chi connectivity index (χ3n) is 2.83. The molecule has 0 atom stereocenters. The van der Waals surface area contributed by atoms with Gasteiger partial charge in [-0.25, -0.2) is 16.8 Å². The van der Waals surface area contributed by atoms with E-state index in [0.29, 0.717) is 0 Å². The summed E-state index contributed by atoms with van der Waals surface area (Å²) in [6.45, 7) is 3.60. The maximum absolute atomic E-state index is 12.1. The molecule has 0 N–H and O–H groups in total. The molecule has 0 aromatic heterocycles. The Morgan fingerprint density at radius 1 is 0.636 bits per heavy atom. The first kappa shape index (κ1) is 18.9. The molecule has 0 amide bonds. The van der Waals surface area contributed by atoms with E-state index in [1.54, 1.807) is 38.1 Å². The van der Waals surface area contributed by atoms with E-state index in [2.05, 4.69) is 4.13 Å². The van der Waals surface area contributed by atoms with Gasteiger partial charge >= 0.3 is 18.9 Å². The molecule has 0 spiro atoms. The Bertz CT molecular complexity index is 769. The number of nitrogens with zero attached hydrogens (tertiary/aromatic N) is 1. The van der Waals surface area contributed by atoms with Gasteiger partial charge in [-0.05, 0) is 38.1 Å². The van der Waals surface area contributed by atoms with Crippen molar-refractivity contribution in [3.05, 3.63) is 63.8 Å². The fourth-order valence-electron chi connectivity index (χ4n) is 1.64. The first-order chi connectivity index (χ1) is 9.71. The molecule has 0 fully saturated rings. The monoisotopic (exact) mass is 331 g/mol. The van der Waals surface area contributed by atoms with E-state index >= 15 is 0 Å². The Balaban J connectivity index is 0.00000242. The number of hydrogen-bond acceptors (Lipinski definition) is 4. The number of aryl methyl sites for hydroxylation is 2. The van der Waals surface area contributed by atoms with Crippen molar-refractivity contribution < 1.29 is 35.7 Å². The van der Waals surface area contributed by atoms with Gasteiger partial charge in [0.25, 0.3) is 0 Å². The molecule has 8 heteroatoms. The number of benzene rings is 2. The molecule has 2 aromatic rings. The second-order valence-electron chi connectivity index (χ2n) is 4.65. The zero-order valence-electron chi connectivity index (χ0n) is 12.5. The zero-order chi connectivity index (χ0) is 15.7. The minimum absolute atomic E-state index is 0. The van der Waals surface area contributed by atoms with Gasteiger partial charge in [0.15, 0.2) is 0 Å². The normalized spacial score (nSPS) is 11.7. The van der Waals surface area contributed by atoms with Crippen LogP contribution in [0.25, 0.3) is 4.13 Å². The maximum atomic E-state index is 12.1. The summed E-state index contributed by atoms with van der Waals surface area (Å²) in [5.41, 5.74) is 1.74. The van der Waals surface area contributed by atoms with Crippen LogP contribution in [0.3, 0.4) is 0 Å². The van der Waals surface area contributed by atoms with Crippen LogP contribution in [0.2, 0.25) is 0 Å². The molecule has 0 bridgehead atoms. The van der Waals surface area contributed by atoms with Crippen LogP contribution >= 0.6 is 0 Å². The summed E-state index contributed by atoms with van der Waals surface area (Å²) in [5, 5.41) is 0. The molecule has 5 nitrogen and oxygen atoms in total. The Morgan fingerprint density at radius 2 is 0.909 bits per heavy atom. The number of sulfonamides is 2. The van der Waals surface area contributed by atoms with Gasteiger partial charge in [-0.15, -0.1) is 0 Å². The Labute approximate surface area is 143 Å². The first-order valence-corrected chi connectivity index (χ1v) is 8.96. The summed E-state index contributed by atoms with van der Waals surface area (Å²) in [4.78, 5) is -0.299. The van der Waals surface area contributed by atoms with Crippen LogP contribution in [0.4, 0.5) is 0 Å². The predicted octanol–water partition coefficient (Wildman–Crippen LogP) is -0.241. The topological polar surface area (TPSA) is 82.4 Å². The Morgan fingerprint density at radius 3 is 1.18 bits per heavy atom. The van der Waals surface area contributed by atoms with Gasteiger partial charge < -0.3 is 4.13 Å². The Hall–Kier alpha value is -1.10. The summed E-state index contributed by atoms with van der Waals surface area (Å²) >= 11 is 0. The summed E-state index contributed by atoms with van der Waals surface area (Å²) in [7, 11) is -8.51. The molecule has 112 valence electrons. The van der Waals surface area contributed by atoms with Gasteiger partial charge in [-0.2, -0.15) is 0 Å². The van der Waals surface area contributed by atoms with Crippen LogP contribution in [0.15, 0.2) is 58.3 Å². The van der Waals surface area contributed by atoms with E-state index in [9.17, 15) is 16.8 Å². The molecule has 2 rings (SSSR count). The first-order valence-electron chi connectivity index (χ1n) is 6.08. The molecule has 0 unspecified atom stereocenters. The molecular formula is C14H14LiNO4S2. The van der Waals surface area contributed by atoms with Crippen molar-refractivity contribution in [1.82, 2.24) is 0 Å². The van der Waals surface area contributed by atoms with E-state index in [0.717, 1.165) is 11.1 Å². The third-order valence-corrected chi connectivity index (χ3v) is 6.14. The molecular weight excluding hydrogens is 317 g/mol. The summed E-state index contributed by atoms with van der Waals surface area (Å²) in [5.74, 6) is 0. The predicted molar refractivity (Wildman–Crippen MR) is 80.1 cm³/mol. The molecule has 2 aromatic carbocycles. The van der Waals surface area contributed by atoms with Crippen LogP contribution in [-0.2, 0) is 20.0 Å². The second kappa shape index (κ2) is 6.98. The molecule has 22 heavy (non-hydrogen) atoms. The second-order valence-corrected chi connectivity index (χ2v) is 8.09. The summed E-state index contributed by atoms with van der Waals surface area (Å²) in [6.07, 6.45) is 0. The quantitative estimate of drug-likeness (QED) is 0.724. The summed E-state index contributed by atoms with van der Waals surface area (Å²) in [6, 6.07) is 11.7. The van der Waals surface area contributed by atoms with Crippen molar-refractivity contribution in [3.63, 3.8) is 0 Å². The van der Waals surface area contributed by atoms with Gasteiger partial charge in [0.1, 0.15) is 20.0 Å². The van der Waals surface area contributed by atoms with Gasteiger partial charge in [-0.3, -0.25) is 0 Å². The van der Waals surface area contributed by atoms with Crippen LogP contribution in [0, 0.1) is 13.8 Å². The Kier molecular flexibility index (Phi) is 6.01. The average Bonchev–Trinajstić information content (AvgIpc) is 2.38. The van der Waals surface area contributed by atoms with Crippen molar-refractivity contribution in [2.24, 2.45) is 0 Å². The van der Waals surface area contributed by atoms with E-state index in [4.69, 9.17) is 0 Å².